The van der Waals surface area contributed by atoms with Crippen LogP contribution in [-0.4, -0.2) is 34.5 Å². The minimum atomic E-state index is -0.531. The number of amides is 1. The van der Waals surface area contributed by atoms with Gasteiger partial charge in [-0.2, -0.15) is 0 Å². The zero-order valence-electron chi connectivity index (χ0n) is 11.3. The molecule has 1 aromatic carbocycles. The molecule has 0 radical (unpaired) electrons. The van der Waals surface area contributed by atoms with Crippen LogP contribution in [0.3, 0.4) is 0 Å². The molecule has 18 heavy (non-hydrogen) atoms. The number of rotatable bonds is 5. The number of benzene rings is 1. The Morgan fingerprint density at radius 1 is 1.33 bits per heavy atom. The molecule has 1 unspecified atom stereocenters. The normalized spacial score (nSPS) is 12.5. The van der Waals surface area contributed by atoms with E-state index in [0.29, 0.717) is 13.0 Å². The third-order valence-electron chi connectivity index (χ3n) is 2.96. The molecule has 0 bridgehead atoms. The molecular weight excluding hydrogens is 228 g/mol. The highest BCUT2D eigenvalue weighted by molar-refractivity contribution is 5.82. The predicted molar refractivity (Wildman–Crippen MR) is 72.3 cm³/mol. The van der Waals surface area contributed by atoms with E-state index in [1.807, 2.05) is 20.8 Å². The summed E-state index contributed by atoms with van der Waals surface area (Å²) >= 11 is 0. The summed E-state index contributed by atoms with van der Waals surface area (Å²) in [4.78, 5) is 13.9. The van der Waals surface area contributed by atoms with Gasteiger partial charge in [0.15, 0.2) is 0 Å². The molecule has 0 aliphatic heterocycles. The first-order valence-corrected chi connectivity index (χ1v) is 6.29. The molecule has 0 heterocycles. The number of nitrogens with two attached hydrogens (primary N) is 1. The van der Waals surface area contributed by atoms with Crippen LogP contribution in [0.5, 0.6) is 5.75 Å². The number of aromatic hydroxyl groups is 1. The van der Waals surface area contributed by atoms with Crippen molar-refractivity contribution in [3.8, 4) is 5.75 Å². The fourth-order valence-electron chi connectivity index (χ4n) is 1.96. The van der Waals surface area contributed by atoms with E-state index in [-0.39, 0.29) is 17.7 Å². The van der Waals surface area contributed by atoms with Gasteiger partial charge in [-0.15, -0.1) is 0 Å². The second-order valence-corrected chi connectivity index (χ2v) is 4.70. The van der Waals surface area contributed by atoms with Gasteiger partial charge >= 0.3 is 0 Å². The van der Waals surface area contributed by atoms with Crippen molar-refractivity contribution in [1.82, 2.24) is 4.90 Å². The van der Waals surface area contributed by atoms with Gasteiger partial charge in [0, 0.05) is 12.6 Å². The molecule has 0 fully saturated rings. The van der Waals surface area contributed by atoms with Crippen LogP contribution in [0, 0.1) is 0 Å². The number of carbonyl (C=O) groups is 1. The summed E-state index contributed by atoms with van der Waals surface area (Å²) in [5.74, 6) is 0.191. The summed E-state index contributed by atoms with van der Waals surface area (Å²) in [7, 11) is 0. The van der Waals surface area contributed by atoms with Gasteiger partial charge in [-0.25, -0.2) is 0 Å². The highest BCUT2D eigenvalue weighted by atomic mass is 16.3. The Labute approximate surface area is 108 Å². The highest BCUT2D eigenvalue weighted by Crippen LogP contribution is 2.12. The molecule has 1 aromatic rings. The van der Waals surface area contributed by atoms with E-state index < -0.39 is 6.04 Å². The third-order valence-corrected chi connectivity index (χ3v) is 2.96. The smallest absolute Gasteiger partial charge is 0.240 e. The Morgan fingerprint density at radius 3 is 2.33 bits per heavy atom. The van der Waals surface area contributed by atoms with Crippen molar-refractivity contribution in [3.63, 3.8) is 0 Å². The van der Waals surface area contributed by atoms with E-state index in [4.69, 9.17) is 5.73 Å². The lowest BCUT2D eigenvalue weighted by Crippen LogP contribution is -2.47. The fourth-order valence-corrected chi connectivity index (χ4v) is 1.96. The van der Waals surface area contributed by atoms with Crippen molar-refractivity contribution in [1.29, 1.82) is 0 Å². The van der Waals surface area contributed by atoms with Crippen LogP contribution in [0.15, 0.2) is 24.3 Å². The SMILES string of the molecule is CCN(C(=O)C(N)Cc1ccc(O)cc1)C(C)C. The number of carbonyl (C=O) groups excluding carboxylic acids is 1. The van der Waals surface area contributed by atoms with Crippen LogP contribution in [-0.2, 0) is 11.2 Å². The van der Waals surface area contributed by atoms with Crippen molar-refractivity contribution < 1.29 is 9.90 Å². The molecule has 0 aromatic heterocycles. The Morgan fingerprint density at radius 2 is 1.89 bits per heavy atom. The third kappa shape index (κ3) is 3.74. The maximum Gasteiger partial charge on any atom is 0.240 e. The Hall–Kier alpha value is -1.55. The first-order chi connectivity index (χ1) is 8.45. The van der Waals surface area contributed by atoms with E-state index in [1.165, 1.54) is 0 Å². The van der Waals surface area contributed by atoms with Crippen LogP contribution in [0.4, 0.5) is 0 Å². The topological polar surface area (TPSA) is 66.6 Å². The Balaban J connectivity index is 2.67. The summed E-state index contributed by atoms with van der Waals surface area (Å²) in [5.41, 5.74) is 6.90. The number of phenols is 1. The molecule has 3 N–H and O–H groups in total. The average Bonchev–Trinajstić information content (AvgIpc) is 2.32. The maximum atomic E-state index is 12.1. The summed E-state index contributed by atoms with van der Waals surface area (Å²) in [5, 5.41) is 9.19. The number of likely N-dealkylation sites (N-methyl/N-ethyl adjacent to an activating group) is 1. The molecule has 4 nitrogen and oxygen atoms in total. The van der Waals surface area contributed by atoms with Crippen molar-refractivity contribution in [2.24, 2.45) is 5.73 Å². The van der Waals surface area contributed by atoms with E-state index in [0.717, 1.165) is 5.56 Å². The fraction of sp³-hybridized carbons (Fsp3) is 0.500. The molecule has 1 amide bonds. The lowest BCUT2D eigenvalue weighted by molar-refractivity contribution is -0.134. The summed E-state index contributed by atoms with van der Waals surface area (Å²) in [6.07, 6.45) is 0.488. The number of phenolic OH excluding ortho intramolecular Hbond substituents is 1. The molecule has 4 heteroatoms. The van der Waals surface area contributed by atoms with Gasteiger partial charge < -0.3 is 15.7 Å². The van der Waals surface area contributed by atoms with Gasteiger partial charge in [0.05, 0.1) is 6.04 Å². The standard InChI is InChI=1S/C14H22N2O2/c1-4-16(10(2)3)14(18)13(15)9-11-5-7-12(17)8-6-11/h5-8,10,13,17H,4,9,15H2,1-3H3. The van der Waals surface area contributed by atoms with E-state index in [1.54, 1.807) is 29.2 Å². The lowest BCUT2D eigenvalue weighted by Gasteiger charge is -2.28. The van der Waals surface area contributed by atoms with Gasteiger partial charge in [-0.05, 0) is 44.9 Å². The first kappa shape index (κ1) is 14.5. The number of hydrogen-bond acceptors (Lipinski definition) is 3. The van der Waals surface area contributed by atoms with Gasteiger partial charge in [-0.3, -0.25) is 4.79 Å². The molecule has 0 aliphatic carbocycles. The maximum absolute atomic E-state index is 12.1. The van der Waals surface area contributed by atoms with E-state index in [2.05, 4.69) is 0 Å². The molecular formula is C14H22N2O2. The van der Waals surface area contributed by atoms with Crippen molar-refractivity contribution >= 4 is 5.91 Å². The molecule has 0 saturated heterocycles. The van der Waals surface area contributed by atoms with Gasteiger partial charge in [-0.1, -0.05) is 12.1 Å². The van der Waals surface area contributed by atoms with Crippen LogP contribution in [0.1, 0.15) is 26.3 Å². The van der Waals surface area contributed by atoms with Crippen LogP contribution in [0.2, 0.25) is 0 Å². The summed E-state index contributed by atoms with van der Waals surface area (Å²) < 4.78 is 0. The summed E-state index contributed by atoms with van der Waals surface area (Å²) in [6, 6.07) is 6.41. The molecule has 0 aliphatic rings. The second-order valence-electron chi connectivity index (χ2n) is 4.70. The monoisotopic (exact) mass is 250 g/mol. The van der Waals surface area contributed by atoms with Gasteiger partial charge in [0.1, 0.15) is 5.75 Å². The van der Waals surface area contributed by atoms with E-state index in [9.17, 15) is 9.90 Å². The zero-order chi connectivity index (χ0) is 13.7. The highest BCUT2D eigenvalue weighted by Gasteiger charge is 2.21. The van der Waals surface area contributed by atoms with Crippen LogP contribution < -0.4 is 5.73 Å². The van der Waals surface area contributed by atoms with Crippen molar-refractivity contribution in [2.45, 2.75) is 39.3 Å². The molecule has 0 spiro atoms. The quantitative estimate of drug-likeness (QED) is 0.832. The number of hydrogen-bond donors (Lipinski definition) is 2. The zero-order valence-corrected chi connectivity index (χ0v) is 11.3. The predicted octanol–water partition coefficient (Wildman–Crippen LogP) is 1.52. The van der Waals surface area contributed by atoms with Crippen LogP contribution >= 0.6 is 0 Å². The van der Waals surface area contributed by atoms with Crippen molar-refractivity contribution in [2.75, 3.05) is 6.54 Å². The molecule has 1 atom stereocenters. The largest absolute Gasteiger partial charge is 0.508 e. The average molecular weight is 250 g/mol. The van der Waals surface area contributed by atoms with Gasteiger partial charge in [0.2, 0.25) is 5.91 Å². The lowest BCUT2D eigenvalue weighted by atomic mass is 10.0. The first-order valence-electron chi connectivity index (χ1n) is 6.29. The Kier molecular flexibility index (Phi) is 5.16. The molecule has 1 rings (SSSR count). The molecule has 0 saturated carbocycles. The molecule has 100 valence electrons. The minimum absolute atomic E-state index is 0.0272. The van der Waals surface area contributed by atoms with Crippen molar-refractivity contribution in [3.05, 3.63) is 29.8 Å². The van der Waals surface area contributed by atoms with E-state index >= 15 is 0 Å². The number of nitrogens with zero attached hydrogens (tertiary/aromatic N) is 1. The minimum Gasteiger partial charge on any atom is -0.508 e. The second kappa shape index (κ2) is 6.40. The summed E-state index contributed by atoms with van der Waals surface area (Å²) in [6.45, 7) is 6.58. The van der Waals surface area contributed by atoms with Gasteiger partial charge in [0.25, 0.3) is 0 Å². The Bertz CT molecular complexity index is 387. The van der Waals surface area contributed by atoms with Crippen LogP contribution in [0.25, 0.3) is 0 Å².